The predicted molar refractivity (Wildman–Crippen MR) is 77.1 cm³/mol. The fourth-order valence-electron chi connectivity index (χ4n) is 1.63. The molecule has 0 atom stereocenters. The van der Waals surface area contributed by atoms with E-state index in [0.29, 0.717) is 17.3 Å². The number of alkyl halides is 3. The Morgan fingerprint density at radius 2 is 1.65 bits per heavy atom. The highest BCUT2D eigenvalue weighted by Crippen LogP contribution is 2.40. The molecule has 2 rings (SSSR count). The van der Waals surface area contributed by atoms with Crippen molar-refractivity contribution in [3.05, 3.63) is 59.1 Å². The number of hydrogen-bond donors (Lipinski definition) is 1. The van der Waals surface area contributed by atoms with Crippen LogP contribution >= 0.6 is 23.4 Å². The van der Waals surface area contributed by atoms with Gasteiger partial charge in [-0.25, -0.2) is 0 Å². The van der Waals surface area contributed by atoms with E-state index in [1.54, 1.807) is 30.3 Å². The quantitative estimate of drug-likeness (QED) is 0.740. The van der Waals surface area contributed by atoms with Crippen molar-refractivity contribution in [2.45, 2.75) is 16.9 Å². The summed E-state index contributed by atoms with van der Waals surface area (Å²) < 4.78 is 37.3. The monoisotopic (exact) mass is 317 g/mol. The number of thioether (sulfide) groups is 1. The second-order valence-electron chi connectivity index (χ2n) is 4.02. The Hall–Kier alpha value is -1.33. The van der Waals surface area contributed by atoms with E-state index >= 15 is 0 Å². The van der Waals surface area contributed by atoms with E-state index in [0.717, 1.165) is 5.56 Å². The molecule has 1 nitrogen and oxygen atoms in total. The Bertz CT molecular complexity index is 569. The minimum Gasteiger partial charge on any atom is -0.380 e. The summed E-state index contributed by atoms with van der Waals surface area (Å²) in [6, 6.07) is 13.5. The molecular formula is C14H11ClF3NS. The summed E-state index contributed by atoms with van der Waals surface area (Å²) in [5.41, 5.74) is -2.89. The zero-order chi connectivity index (χ0) is 14.6. The molecule has 2 aromatic rings. The summed E-state index contributed by atoms with van der Waals surface area (Å²) in [7, 11) is 0. The number of anilines is 1. The van der Waals surface area contributed by atoms with Gasteiger partial charge in [0.1, 0.15) is 0 Å². The first-order valence-corrected chi connectivity index (χ1v) is 6.96. The second kappa shape index (κ2) is 6.41. The van der Waals surface area contributed by atoms with Crippen LogP contribution < -0.4 is 5.32 Å². The molecule has 0 aliphatic rings. The van der Waals surface area contributed by atoms with Crippen molar-refractivity contribution in [1.29, 1.82) is 0 Å². The normalized spacial score (nSPS) is 11.4. The van der Waals surface area contributed by atoms with Crippen LogP contribution in [0.4, 0.5) is 18.9 Å². The third-order valence-corrected chi connectivity index (χ3v) is 3.57. The van der Waals surface area contributed by atoms with Crippen LogP contribution in [-0.2, 0) is 6.54 Å². The molecule has 6 heteroatoms. The van der Waals surface area contributed by atoms with Gasteiger partial charge in [0.2, 0.25) is 0 Å². The van der Waals surface area contributed by atoms with E-state index in [4.69, 9.17) is 11.6 Å². The number of para-hydroxylation sites is 1. The average molecular weight is 318 g/mol. The zero-order valence-electron chi connectivity index (χ0n) is 10.2. The van der Waals surface area contributed by atoms with Crippen molar-refractivity contribution in [2.24, 2.45) is 0 Å². The number of rotatable bonds is 4. The lowest BCUT2D eigenvalue weighted by atomic mass is 10.2. The predicted octanol–water partition coefficient (Wildman–Crippen LogP) is 5.56. The Morgan fingerprint density at radius 3 is 2.30 bits per heavy atom. The van der Waals surface area contributed by atoms with Gasteiger partial charge in [-0.1, -0.05) is 35.9 Å². The molecule has 20 heavy (non-hydrogen) atoms. The van der Waals surface area contributed by atoms with Gasteiger partial charge in [-0.05, 0) is 41.6 Å². The molecule has 0 amide bonds. The van der Waals surface area contributed by atoms with Crippen LogP contribution in [0.25, 0.3) is 0 Å². The molecule has 0 aliphatic carbocycles. The van der Waals surface area contributed by atoms with Crippen molar-refractivity contribution in [3.63, 3.8) is 0 Å². The molecule has 0 saturated carbocycles. The maximum atomic E-state index is 12.4. The van der Waals surface area contributed by atoms with Gasteiger partial charge in [0.25, 0.3) is 0 Å². The van der Waals surface area contributed by atoms with Crippen LogP contribution in [0.5, 0.6) is 0 Å². The largest absolute Gasteiger partial charge is 0.446 e. The van der Waals surface area contributed by atoms with E-state index in [2.05, 4.69) is 5.32 Å². The van der Waals surface area contributed by atoms with Crippen LogP contribution in [0.2, 0.25) is 5.02 Å². The number of halogens is 4. The Kier molecular flexibility index (Phi) is 4.83. The van der Waals surface area contributed by atoms with Crippen LogP contribution in [0.3, 0.4) is 0 Å². The molecule has 0 aromatic heterocycles. The summed E-state index contributed by atoms with van der Waals surface area (Å²) in [4.78, 5) is 0.161. The van der Waals surface area contributed by atoms with Crippen molar-refractivity contribution in [2.75, 3.05) is 5.32 Å². The lowest BCUT2D eigenvalue weighted by molar-refractivity contribution is -0.0327. The highest BCUT2D eigenvalue weighted by atomic mass is 35.5. The van der Waals surface area contributed by atoms with E-state index in [1.807, 2.05) is 12.1 Å². The van der Waals surface area contributed by atoms with Crippen LogP contribution in [-0.4, -0.2) is 5.51 Å². The van der Waals surface area contributed by atoms with Crippen molar-refractivity contribution in [1.82, 2.24) is 0 Å². The van der Waals surface area contributed by atoms with Gasteiger partial charge >= 0.3 is 5.51 Å². The molecule has 0 spiro atoms. The standard InChI is InChI=1S/C14H11ClF3NS/c15-11-7-5-10(6-8-11)9-19-12-3-1-2-4-13(12)20-14(16,17)18/h1-8,19H,9H2. The Balaban J connectivity index is 2.07. The Labute approximate surface area is 124 Å². The Morgan fingerprint density at radius 1 is 1.00 bits per heavy atom. The lowest BCUT2D eigenvalue weighted by Crippen LogP contribution is -2.04. The maximum Gasteiger partial charge on any atom is 0.446 e. The minimum absolute atomic E-state index is 0.119. The second-order valence-corrected chi connectivity index (χ2v) is 5.57. The first-order chi connectivity index (χ1) is 9.44. The SMILES string of the molecule is FC(F)(F)Sc1ccccc1NCc1ccc(Cl)cc1. The van der Waals surface area contributed by atoms with Crippen LogP contribution in [0, 0.1) is 0 Å². The average Bonchev–Trinajstić information content (AvgIpc) is 2.38. The number of benzene rings is 2. The van der Waals surface area contributed by atoms with Crippen molar-refractivity contribution in [3.8, 4) is 0 Å². The molecule has 1 N–H and O–H groups in total. The van der Waals surface area contributed by atoms with E-state index in [-0.39, 0.29) is 16.7 Å². The highest BCUT2D eigenvalue weighted by molar-refractivity contribution is 8.00. The van der Waals surface area contributed by atoms with Crippen LogP contribution in [0.1, 0.15) is 5.56 Å². The fraction of sp³-hybridized carbons (Fsp3) is 0.143. The highest BCUT2D eigenvalue weighted by Gasteiger charge is 2.30. The summed E-state index contributed by atoms with van der Waals surface area (Å²) in [6.45, 7) is 0.437. The van der Waals surface area contributed by atoms with E-state index in [9.17, 15) is 13.2 Å². The topological polar surface area (TPSA) is 12.0 Å². The molecule has 106 valence electrons. The minimum atomic E-state index is -4.29. The molecule has 0 saturated heterocycles. The van der Waals surface area contributed by atoms with E-state index in [1.165, 1.54) is 6.07 Å². The molecule has 0 bridgehead atoms. The van der Waals surface area contributed by atoms with E-state index < -0.39 is 5.51 Å². The smallest absolute Gasteiger partial charge is 0.380 e. The summed E-state index contributed by atoms with van der Waals surface area (Å²) in [5, 5.41) is 3.63. The molecule has 0 fully saturated rings. The van der Waals surface area contributed by atoms with Crippen LogP contribution in [0.15, 0.2) is 53.4 Å². The number of nitrogens with one attached hydrogen (secondary N) is 1. The summed E-state index contributed by atoms with van der Waals surface area (Å²) >= 11 is 5.66. The maximum absolute atomic E-state index is 12.4. The first-order valence-electron chi connectivity index (χ1n) is 5.77. The van der Waals surface area contributed by atoms with Gasteiger partial charge in [-0.2, -0.15) is 13.2 Å². The van der Waals surface area contributed by atoms with Gasteiger partial charge < -0.3 is 5.32 Å². The lowest BCUT2D eigenvalue weighted by Gasteiger charge is -2.13. The van der Waals surface area contributed by atoms with Gasteiger partial charge in [-0.15, -0.1) is 0 Å². The first kappa shape index (κ1) is 15.1. The van der Waals surface area contributed by atoms with Gasteiger partial charge in [0.05, 0.1) is 0 Å². The van der Waals surface area contributed by atoms with Crippen molar-refractivity contribution >= 4 is 29.1 Å². The molecule has 0 heterocycles. The third kappa shape index (κ3) is 4.65. The summed E-state index contributed by atoms with van der Waals surface area (Å²) in [5.74, 6) is 0. The molecule has 2 aromatic carbocycles. The van der Waals surface area contributed by atoms with Gasteiger partial charge in [-0.3, -0.25) is 0 Å². The van der Waals surface area contributed by atoms with Gasteiger partial charge in [0, 0.05) is 22.2 Å². The molecule has 0 unspecified atom stereocenters. The third-order valence-electron chi connectivity index (χ3n) is 2.51. The molecular weight excluding hydrogens is 307 g/mol. The number of hydrogen-bond acceptors (Lipinski definition) is 2. The van der Waals surface area contributed by atoms with Gasteiger partial charge in [0.15, 0.2) is 0 Å². The zero-order valence-corrected chi connectivity index (χ0v) is 11.8. The summed E-state index contributed by atoms with van der Waals surface area (Å²) in [6.07, 6.45) is 0. The molecule has 0 radical (unpaired) electrons. The van der Waals surface area contributed by atoms with Crippen molar-refractivity contribution < 1.29 is 13.2 Å². The fourth-order valence-corrected chi connectivity index (χ4v) is 2.40. The molecule has 0 aliphatic heterocycles.